The molecule has 1 aromatic rings. The number of hydrogen-bond donors (Lipinski definition) is 0. The highest BCUT2D eigenvalue weighted by atomic mass is 79.9. The number of aromatic nitrogens is 1. The van der Waals surface area contributed by atoms with Crippen LogP contribution in [-0.4, -0.2) is 44.6 Å². The molecule has 0 saturated heterocycles. The average molecular weight is 289 g/mol. The zero-order valence-electron chi connectivity index (χ0n) is 9.56. The number of alkyl halides is 1. The van der Waals surface area contributed by atoms with E-state index >= 15 is 0 Å². The Kier molecular flexibility index (Phi) is 3.34. The van der Waals surface area contributed by atoms with Crippen LogP contribution in [0.2, 0.25) is 0 Å². The number of nitrogens with zero attached hydrogens (tertiary/aromatic N) is 2. The molecule has 0 unspecified atom stereocenters. The quantitative estimate of drug-likeness (QED) is 0.618. The van der Waals surface area contributed by atoms with Gasteiger partial charge >= 0.3 is 0 Å². The van der Waals surface area contributed by atoms with E-state index in [1.54, 1.807) is 30.1 Å². The van der Waals surface area contributed by atoms with Crippen LogP contribution in [0.3, 0.4) is 0 Å². The predicted octanol–water partition coefficient (Wildman–Crippen LogP) is 1.16. The lowest BCUT2D eigenvalue weighted by atomic mass is 9.68. The minimum absolute atomic E-state index is 0.0916. The molecule has 17 heavy (non-hydrogen) atoms. The lowest BCUT2D eigenvalue weighted by molar-refractivity contribution is 0.0779. The van der Waals surface area contributed by atoms with Crippen LogP contribution in [0, 0.1) is 0 Å². The van der Waals surface area contributed by atoms with Crippen LogP contribution < -0.4 is 0 Å². The maximum absolute atomic E-state index is 12.1. The lowest BCUT2D eigenvalue weighted by Crippen LogP contribution is -2.30. The van der Waals surface area contributed by atoms with E-state index in [4.69, 9.17) is 15.7 Å². The van der Waals surface area contributed by atoms with Gasteiger partial charge in [-0.2, -0.15) is 0 Å². The number of halogens is 1. The van der Waals surface area contributed by atoms with Crippen LogP contribution in [0.5, 0.6) is 0 Å². The zero-order valence-corrected chi connectivity index (χ0v) is 11.1. The van der Waals surface area contributed by atoms with Gasteiger partial charge in [0.15, 0.2) is 0 Å². The highest BCUT2D eigenvalue weighted by Gasteiger charge is 2.31. The van der Waals surface area contributed by atoms with E-state index in [2.05, 4.69) is 20.9 Å². The minimum Gasteiger partial charge on any atom is -0.337 e. The maximum Gasteiger partial charge on any atom is 0.272 e. The molecule has 1 fully saturated rings. The Morgan fingerprint density at radius 1 is 1.53 bits per heavy atom. The van der Waals surface area contributed by atoms with E-state index < -0.39 is 4.12 Å². The fourth-order valence-corrected chi connectivity index (χ4v) is 1.80. The molecule has 0 bridgehead atoms. The third-order valence-corrected chi connectivity index (χ3v) is 3.18. The van der Waals surface area contributed by atoms with Gasteiger partial charge in [-0.05, 0) is 29.1 Å². The second-order valence-corrected chi connectivity index (χ2v) is 5.64. The first kappa shape index (κ1) is 12.7. The van der Waals surface area contributed by atoms with E-state index in [9.17, 15) is 4.79 Å². The van der Waals surface area contributed by atoms with E-state index in [1.165, 1.54) is 0 Å². The van der Waals surface area contributed by atoms with Crippen molar-refractivity contribution in [3.63, 3.8) is 0 Å². The van der Waals surface area contributed by atoms with Crippen molar-refractivity contribution in [1.82, 2.24) is 9.88 Å². The van der Waals surface area contributed by atoms with Gasteiger partial charge < -0.3 is 4.90 Å². The highest BCUT2D eigenvalue weighted by molar-refractivity contribution is 9.10. The van der Waals surface area contributed by atoms with Gasteiger partial charge in [-0.1, -0.05) is 22.0 Å². The molecular formula is C11H11B2BrN2O. The molecule has 84 valence electrons. The normalized spacial score (nSPS) is 15.6. The topological polar surface area (TPSA) is 33.2 Å². The summed E-state index contributed by atoms with van der Waals surface area (Å²) in [6.07, 6.45) is 2.14. The van der Waals surface area contributed by atoms with Gasteiger partial charge in [0.1, 0.15) is 5.69 Å². The molecule has 1 aliphatic carbocycles. The van der Waals surface area contributed by atoms with Gasteiger partial charge in [-0.3, -0.25) is 4.79 Å². The molecule has 1 aliphatic rings. The number of carbonyl (C=O) groups is 1. The summed E-state index contributed by atoms with van der Waals surface area (Å²) < 4.78 is -1.21. The van der Waals surface area contributed by atoms with Crippen LogP contribution in [0.15, 0.2) is 18.2 Å². The van der Waals surface area contributed by atoms with Crippen molar-refractivity contribution in [1.29, 1.82) is 0 Å². The SMILES string of the molecule is [B]C([B])(Br)c1cccc(C(=O)N(C)C2CC2)n1. The van der Waals surface area contributed by atoms with E-state index in [1.807, 2.05) is 0 Å². The van der Waals surface area contributed by atoms with Crippen molar-refractivity contribution in [2.75, 3.05) is 7.05 Å². The van der Waals surface area contributed by atoms with Crippen molar-refractivity contribution in [2.45, 2.75) is 23.0 Å². The summed E-state index contributed by atoms with van der Waals surface area (Å²) in [5.74, 6) is -0.0916. The Balaban J connectivity index is 2.23. The number of carbonyl (C=O) groups excluding carboxylic acids is 1. The first-order valence-electron chi connectivity index (χ1n) is 5.41. The van der Waals surface area contributed by atoms with E-state index in [0.717, 1.165) is 12.8 Å². The van der Waals surface area contributed by atoms with Crippen molar-refractivity contribution >= 4 is 37.5 Å². The first-order chi connectivity index (χ1) is 7.89. The monoisotopic (exact) mass is 288 g/mol. The smallest absolute Gasteiger partial charge is 0.272 e. The van der Waals surface area contributed by atoms with E-state index in [-0.39, 0.29) is 5.91 Å². The largest absolute Gasteiger partial charge is 0.337 e. The molecule has 0 spiro atoms. The van der Waals surface area contributed by atoms with Gasteiger partial charge in [-0.25, -0.2) is 4.98 Å². The maximum atomic E-state index is 12.1. The molecule has 0 atom stereocenters. The molecule has 4 radical (unpaired) electrons. The van der Waals surface area contributed by atoms with Gasteiger partial charge in [0.2, 0.25) is 0 Å². The Morgan fingerprint density at radius 2 is 2.18 bits per heavy atom. The third kappa shape index (κ3) is 2.92. The second-order valence-electron chi connectivity index (χ2n) is 4.32. The molecule has 0 aromatic carbocycles. The van der Waals surface area contributed by atoms with Gasteiger partial charge in [0.05, 0.1) is 15.7 Å². The summed E-state index contributed by atoms with van der Waals surface area (Å²) in [5.41, 5.74) is 0.809. The first-order valence-corrected chi connectivity index (χ1v) is 6.20. The standard InChI is InChI=1S/C11H11B2BrN2O/c1-16(7-5-6-7)10(17)8-3-2-4-9(15-8)11(12,13)14/h2-4,7H,5-6H2,1H3. The Bertz CT molecular complexity index is 443. The molecule has 3 nitrogen and oxygen atoms in total. The van der Waals surface area contributed by atoms with Crippen molar-refractivity contribution < 1.29 is 4.79 Å². The van der Waals surface area contributed by atoms with Gasteiger partial charge in [0, 0.05) is 18.8 Å². The van der Waals surface area contributed by atoms with Crippen LogP contribution in [0.1, 0.15) is 29.0 Å². The summed E-state index contributed by atoms with van der Waals surface area (Å²) in [6, 6.07) is 5.44. The number of hydrogen-bond acceptors (Lipinski definition) is 2. The van der Waals surface area contributed by atoms with Crippen molar-refractivity contribution in [3.05, 3.63) is 29.6 Å². The Hall–Kier alpha value is -0.770. The average Bonchev–Trinajstić information content (AvgIpc) is 3.10. The molecular weight excluding hydrogens is 278 g/mol. The van der Waals surface area contributed by atoms with Crippen molar-refractivity contribution in [3.8, 4) is 0 Å². The third-order valence-electron chi connectivity index (χ3n) is 2.78. The number of amides is 1. The fraction of sp³-hybridized carbons (Fsp3) is 0.455. The Morgan fingerprint density at radius 3 is 2.71 bits per heavy atom. The molecule has 2 rings (SSSR count). The molecule has 1 saturated carbocycles. The molecule has 6 heteroatoms. The lowest BCUT2D eigenvalue weighted by Gasteiger charge is -2.19. The molecule has 0 aliphatic heterocycles. The van der Waals surface area contributed by atoms with Crippen LogP contribution in [0.25, 0.3) is 0 Å². The predicted molar refractivity (Wildman–Crippen MR) is 71.5 cm³/mol. The van der Waals surface area contributed by atoms with Crippen molar-refractivity contribution in [2.24, 2.45) is 0 Å². The van der Waals surface area contributed by atoms with Gasteiger partial charge in [-0.15, -0.1) is 0 Å². The molecule has 1 aromatic heterocycles. The number of rotatable bonds is 3. The molecule has 1 amide bonds. The molecule has 1 heterocycles. The van der Waals surface area contributed by atoms with Crippen LogP contribution in [0.4, 0.5) is 0 Å². The second kappa shape index (κ2) is 4.48. The fourth-order valence-electron chi connectivity index (χ4n) is 1.58. The number of pyridine rings is 1. The van der Waals surface area contributed by atoms with E-state index in [0.29, 0.717) is 17.4 Å². The summed E-state index contributed by atoms with van der Waals surface area (Å²) in [4.78, 5) is 18.0. The summed E-state index contributed by atoms with van der Waals surface area (Å²) in [6.45, 7) is 0. The summed E-state index contributed by atoms with van der Waals surface area (Å²) in [7, 11) is 13.2. The Labute approximate surface area is 112 Å². The van der Waals surface area contributed by atoms with Crippen LogP contribution in [-0.2, 0) is 4.12 Å². The minimum atomic E-state index is -1.21. The summed E-state index contributed by atoms with van der Waals surface area (Å²) in [5, 5.41) is 0. The van der Waals surface area contributed by atoms with Crippen LogP contribution >= 0.6 is 15.9 Å². The molecule has 0 N–H and O–H groups in total. The van der Waals surface area contributed by atoms with Gasteiger partial charge in [0.25, 0.3) is 5.91 Å². The highest BCUT2D eigenvalue weighted by Crippen LogP contribution is 2.27. The zero-order chi connectivity index (χ0) is 12.6. The summed E-state index contributed by atoms with van der Waals surface area (Å²) >= 11 is 3.12.